The van der Waals surface area contributed by atoms with Crippen LogP contribution in [0.2, 0.25) is 0 Å². The number of likely N-dealkylation sites (N-methyl/N-ethyl adjacent to an activating group) is 2. The van der Waals surface area contributed by atoms with Crippen molar-refractivity contribution in [1.82, 2.24) is 10.2 Å². The van der Waals surface area contributed by atoms with E-state index in [1.165, 1.54) is 0 Å². The lowest BCUT2D eigenvalue weighted by Gasteiger charge is -2.33. The van der Waals surface area contributed by atoms with Crippen molar-refractivity contribution >= 4 is 11.9 Å². The Bertz CT molecular complexity index is 585. The number of amides is 1. The normalized spacial score (nSPS) is 16.2. The van der Waals surface area contributed by atoms with Gasteiger partial charge in [0.1, 0.15) is 0 Å². The molecule has 0 rings (SSSR count). The second-order valence-corrected chi connectivity index (χ2v) is 9.54. The number of hydrogen-bond acceptors (Lipinski definition) is 4. The number of carbonyl (C=O) groups is 2. The molecular weight excluding hydrogens is 364 g/mol. The van der Waals surface area contributed by atoms with Gasteiger partial charge in [-0.15, -0.1) is 0 Å². The average Bonchev–Trinajstić information content (AvgIpc) is 2.60. The lowest BCUT2D eigenvalue weighted by molar-refractivity contribution is -0.139. The highest BCUT2D eigenvalue weighted by atomic mass is 16.5. The molecule has 0 aromatic rings. The third-order valence-corrected chi connectivity index (χ3v) is 5.25. The van der Waals surface area contributed by atoms with Gasteiger partial charge in [-0.25, -0.2) is 4.79 Å². The summed E-state index contributed by atoms with van der Waals surface area (Å²) in [6.07, 6.45) is 6.00. The van der Waals surface area contributed by atoms with Gasteiger partial charge in [0.2, 0.25) is 5.91 Å². The van der Waals surface area contributed by atoms with Crippen LogP contribution in [-0.4, -0.2) is 49.6 Å². The molecule has 0 bridgehead atoms. The van der Waals surface area contributed by atoms with Crippen LogP contribution in [0.1, 0.15) is 62.3 Å². The predicted octanol–water partition coefficient (Wildman–Crippen LogP) is 4.44. The van der Waals surface area contributed by atoms with Gasteiger partial charge >= 0.3 is 5.97 Å². The Morgan fingerprint density at radius 1 is 1.07 bits per heavy atom. The minimum atomic E-state index is -0.332. The van der Waals surface area contributed by atoms with Crippen LogP contribution in [0.4, 0.5) is 0 Å². The molecule has 0 aliphatic carbocycles. The molecule has 29 heavy (non-hydrogen) atoms. The Balaban J connectivity index is 5.71. The largest absolute Gasteiger partial charge is 0.463 e. The zero-order chi connectivity index (χ0) is 22.9. The van der Waals surface area contributed by atoms with E-state index < -0.39 is 0 Å². The maximum absolute atomic E-state index is 13.4. The first kappa shape index (κ1) is 27.4. The van der Waals surface area contributed by atoms with Crippen molar-refractivity contribution < 1.29 is 14.3 Å². The summed E-state index contributed by atoms with van der Waals surface area (Å²) in [6, 6.07) is -0.00187. The number of rotatable bonds is 10. The van der Waals surface area contributed by atoms with Crippen LogP contribution >= 0.6 is 0 Å². The molecule has 0 radical (unpaired) electrons. The fourth-order valence-corrected chi connectivity index (χ4v) is 3.34. The van der Waals surface area contributed by atoms with Crippen LogP contribution in [0.5, 0.6) is 0 Å². The van der Waals surface area contributed by atoms with E-state index in [1.54, 1.807) is 18.7 Å². The molecule has 0 unspecified atom stereocenters. The zero-order valence-corrected chi connectivity index (χ0v) is 20.5. The third kappa shape index (κ3) is 8.73. The molecule has 0 fully saturated rings. The number of esters is 1. The van der Waals surface area contributed by atoms with Gasteiger partial charge in [0.25, 0.3) is 0 Å². The first-order valence-corrected chi connectivity index (χ1v) is 10.8. The second-order valence-electron chi connectivity index (χ2n) is 9.54. The lowest BCUT2D eigenvalue weighted by Crippen LogP contribution is -2.44. The molecule has 5 heteroatoms. The Kier molecular flexibility index (Phi) is 11.5. The van der Waals surface area contributed by atoms with Crippen LogP contribution in [-0.2, 0) is 14.3 Å². The number of hydrogen-bond donors (Lipinski definition) is 1. The summed E-state index contributed by atoms with van der Waals surface area (Å²) >= 11 is 0. The van der Waals surface area contributed by atoms with Crippen molar-refractivity contribution in [3.8, 4) is 0 Å². The van der Waals surface area contributed by atoms with Gasteiger partial charge in [-0.05, 0) is 38.1 Å². The van der Waals surface area contributed by atoms with Gasteiger partial charge < -0.3 is 15.0 Å². The van der Waals surface area contributed by atoms with Gasteiger partial charge in [0.15, 0.2) is 0 Å². The van der Waals surface area contributed by atoms with E-state index in [1.807, 2.05) is 26.2 Å². The highest BCUT2D eigenvalue weighted by Crippen LogP contribution is 2.24. The maximum Gasteiger partial charge on any atom is 0.333 e. The minimum Gasteiger partial charge on any atom is -0.463 e. The van der Waals surface area contributed by atoms with Crippen molar-refractivity contribution in [1.29, 1.82) is 0 Å². The van der Waals surface area contributed by atoms with Crippen LogP contribution < -0.4 is 5.32 Å². The van der Waals surface area contributed by atoms with Gasteiger partial charge in [0.05, 0.1) is 18.6 Å². The fraction of sp³-hybridized carbons (Fsp3) is 0.750. The molecule has 0 saturated heterocycles. The highest BCUT2D eigenvalue weighted by Gasteiger charge is 2.29. The monoisotopic (exact) mass is 408 g/mol. The molecule has 1 amide bonds. The molecule has 0 aliphatic rings. The smallest absolute Gasteiger partial charge is 0.333 e. The molecular formula is C24H44N2O3. The topological polar surface area (TPSA) is 58.6 Å². The molecule has 0 aromatic heterocycles. The predicted molar refractivity (Wildman–Crippen MR) is 122 cm³/mol. The average molecular weight is 409 g/mol. The zero-order valence-electron chi connectivity index (χ0n) is 20.5. The van der Waals surface area contributed by atoms with Gasteiger partial charge in [0, 0.05) is 18.7 Å². The van der Waals surface area contributed by atoms with E-state index in [0.29, 0.717) is 12.2 Å². The standard InChI is InChI=1S/C24H44N2O3/c1-12-29-23(28)18(6)15-20(17(4)5)26(11)22(27)19(16(2)3)13-14-21(25-10)24(7,8)9/h13-17,19-21,25H,12H2,1-11H3/t19-,20+,21+/m0/s1. The molecule has 168 valence electrons. The summed E-state index contributed by atoms with van der Waals surface area (Å²) in [5.41, 5.74) is 0.589. The molecule has 0 aliphatic heterocycles. The molecule has 1 N–H and O–H groups in total. The minimum absolute atomic E-state index is 0.0572. The van der Waals surface area contributed by atoms with Crippen molar-refractivity contribution in [2.24, 2.45) is 23.2 Å². The maximum atomic E-state index is 13.4. The van der Waals surface area contributed by atoms with Crippen LogP contribution in [0.25, 0.3) is 0 Å². The van der Waals surface area contributed by atoms with Gasteiger partial charge in [-0.3, -0.25) is 4.79 Å². The summed E-state index contributed by atoms with van der Waals surface area (Å²) in [6.45, 7) is 18.6. The van der Waals surface area contributed by atoms with Gasteiger partial charge in [-0.2, -0.15) is 0 Å². The molecule has 0 aromatic carbocycles. The Hall–Kier alpha value is -1.62. The third-order valence-electron chi connectivity index (χ3n) is 5.25. The molecule has 0 heterocycles. The molecule has 0 spiro atoms. The van der Waals surface area contributed by atoms with E-state index >= 15 is 0 Å². The van der Waals surface area contributed by atoms with Crippen LogP contribution in [0.15, 0.2) is 23.8 Å². The quantitative estimate of drug-likeness (QED) is 0.330. The van der Waals surface area contributed by atoms with E-state index in [0.717, 1.165) is 0 Å². The number of nitrogens with zero attached hydrogens (tertiary/aromatic N) is 1. The molecule has 0 saturated carbocycles. The lowest BCUT2D eigenvalue weighted by atomic mass is 9.84. The Labute approximate surface area is 178 Å². The van der Waals surface area contributed by atoms with Crippen molar-refractivity contribution in [2.75, 3.05) is 20.7 Å². The van der Waals surface area contributed by atoms with E-state index in [2.05, 4.69) is 59.9 Å². The fourth-order valence-electron chi connectivity index (χ4n) is 3.34. The number of carbonyl (C=O) groups excluding carboxylic acids is 2. The molecule has 3 atom stereocenters. The summed E-state index contributed by atoms with van der Waals surface area (Å²) in [5, 5.41) is 3.32. The SMILES string of the molecule is CCOC(=O)C(C)=C[C@H](C(C)C)N(C)C(=O)[C@@H](C=C[C@@H](NC)C(C)(C)C)C(C)C. The van der Waals surface area contributed by atoms with Gasteiger partial charge in [-0.1, -0.05) is 66.7 Å². The van der Waals surface area contributed by atoms with E-state index in [-0.39, 0.29) is 47.1 Å². The van der Waals surface area contributed by atoms with E-state index in [4.69, 9.17) is 4.74 Å². The first-order valence-electron chi connectivity index (χ1n) is 10.8. The highest BCUT2D eigenvalue weighted by molar-refractivity contribution is 5.88. The summed E-state index contributed by atoms with van der Waals surface area (Å²) in [4.78, 5) is 27.2. The summed E-state index contributed by atoms with van der Waals surface area (Å²) < 4.78 is 5.09. The van der Waals surface area contributed by atoms with Crippen molar-refractivity contribution in [3.05, 3.63) is 23.8 Å². The van der Waals surface area contributed by atoms with E-state index in [9.17, 15) is 9.59 Å². The second kappa shape index (κ2) is 12.2. The molecule has 5 nitrogen and oxygen atoms in total. The summed E-state index contributed by atoms with van der Waals surface area (Å²) in [5.74, 6) is -0.157. The van der Waals surface area contributed by atoms with Crippen molar-refractivity contribution in [3.63, 3.8) is 0 Å². The Morgan fingerprint density at radius 3 is 2.00 bits per heavy atom. The van der Waals surface area contributed by atoms with Crippen molar-refractivity contribution in [2.45, 2.75) is 74.4 Å². The Morgan fingerprint density at radius 2 is 1.62 bits per heavy atom. The summed E-state index contributed by atoms with van der Waals surface area (Å²) in [7, 11) is 3.76. The first-order chi connectivity index (χ1) is 13.3. The van der Waals surface area contributed by atoms with Crippen LogP contribution in [0, 0.1) is 23.2 Å². The number of ether oxygens (including phenoxy) is 1. The number of nitrogens with one attached hydrogen (secondary N) is 1. The van der Waals surface area contributed by atoms with Crippen LogP contribution in [0.3, 0.4) is 0 Å².